The van der Waals surface area contributed by atoms with Crippen molar-refractivity contribution in [3.63, 3.8) is 0 Å². The van der Waals surface area contributed by atoms with E-state index in [0.717, 1.165) is 41.5 Å². The van der Waals surface area contributed by atoms with E-state index in [-0.39, 0.29) is 71.0 Å². The fourth-order valence-electron chi connectivity index (χ4n) is 10.7. The molecule has 0 aromatic heterocycles. The monoisotopic (exact) mass is 645 g/mol. The lowest BCUT2D eigenvalue weighted by Gasteiger charge is -2.71. The number of benzene rings is 3. The van der Waals surface area contributed by atoms with Crippen molar-refractivity contribution >= 4 is 11.9 Å². The van der Waals surface area contributed by atoms with Crippen LogP contribution >= 0.6 is 0 Å². The van der Waals surface area contributed by atoms with Crippen LogP contribution in [0.25, 0.3) is 6.08 Å². The SMILES string of the molecule is COc1cc(C2CC(=O)CC3(O)CCC45CCCC6C=Cc7cc(O)c(O)cc7C64C3C(C#CC2Cc2ccccc2)CN5)ccc1O. The number of rotatable bonds is 4. The second-order valence-corrected chi connectivity index (χ2v) is 14.8. The molecule has 3 aromatic carbocycles. The number of piperidine rings is 1. The first-order valence-electron chi connectivity index (χ1n) is 17.3. The molecule has 7 heteroatoms. The quantitative estimate of drug-likeness (QED) is 0.175. The Morgan fingerprint density at radius 3 is 2.58 bits per heavy atom. The Labute approximate surface area is 281 Å². The summed E-state index contributed by atoms with van der Waals surface area (Å²) in [5.74, 6) is 6.44. The van der Waals surface area contributed by atoms with E-state index in [0.29, 0.717) is 31.6 Å². The van der Waals surface area contributed by atoms with Gasteiger partial charge in [0.15, 0.2) is 23.0 Å². The van der Waals surface area contributed by atoms with Gasteiger partial charge in [-0.05, 0) is 84.5 Å². The van der Waals surface area contributed by atoms with Gasteiger partial charge in [0.05, 0.1) is 12.7 Å². The maximum atomic E-state index is 14.4. The predicted molar refractivity (Wildman–Crippen MR) is 183 cm³/mol. The summed E-state index contributed by atoms with van der Waals surface area (Å²) in [5.41, 5.74) is 1.51. The summed E-state index contributed by atoms with van der Waals surface area (Å²) in [4.78, 5) is 14.4. The molecule has 48 heavy (non-hydrogen) atoms. The summed E-state index contributed by atoms with van der Waals surface area (Å²) in [6.45, 7) is 0.599. The molecule has 5 N–H and O–H groups in total. The fourth-order valence-corrected chi connectivity index (χ4v) is 10.7. The standard InChI is InChI=1S/C41H43NO6/c1-48-37-20-27(12-14-34(37)44)32-21-31(43)23-39(47)16-17-40-15-5-8-30-13-11-28-19-35(45)36(46)22-33(28)41(30,40)38(39)29(24-42-40)10-9-26(32)18-25-6-3-2-4-7-25/h2-4,6-7,11-14,19-20,22,26,29-30,32,38,42,44-47H,5,8,15-18,21,23-24H2,1H3. The zero-order chi connectivity index (χ0) is 33.3. The normalized spacial score (nSPS) is 34.9. The first-order chi connectivity index (χ1) is 23.2. The van der Waals surface area contributed by atoms with E-state index in [4.69, 9.17) is 4.74 Å². The van der Waals surface area contributed by atoms with Crippen LogP contribution < -0.4 is 10.1 Å². The molecule has 1 heterocycles. The number of nitrogens with one attached hydrogen (secondary N) is 1. The molecular formula is C41H43NO6. The maximum Gasteiger partial charge on any atom is 0.160 e. The Morgan fingerprint density at radius 1 is 0.958 bits per heavy atom. The highest BCUT2D eigenvalue weighted by Gasteiger charge is 2.72. The minimum absolute atomic E-state index is 0.00928. The van der Waals surface area contributed by atoms with Crippen LogP contribution in [0.3, 0.4) is 0 Å². The van der Waals surface area contributed by atoms with Crippen molar-refractivity contribution in [2.45, 2.75) is 73.8 Å². The van der Waals surface area contributed by atoms with Gasteiger partial charge in [-0.15, -0.1) is 0 Å². The molecule has 0 amide bonds. The highest BCUT2D eigenvalue weighted by atomic mass is 16.5. The molecule has 3 aromatic rings. The second-order valence-electron chi connectivity index (χ2n) is 14.8. The average molecular weight is 646 g/mol. The van der Waals surface area contributed by atoms with Crippen LogP contribution in [0.4, 0.5) is 0 Å². The number of allylic oxidation sites excluding steroid dienone is 1. The summed E-state index contributed by atoms with van der Waals surface area (Å²) < 4.78 is 5.47. The molecule has 248 valence electrons. The van der Waals surface area contributed by atoms with E-state index in [1.54, 1.807) is 18.2 Å². The van der Waals surface area contributed by atoms with Gasteiger partial charge in [-0.3, -0.25) is 4.79 Å². The van der Waals surface area contributed by atoms with Crippen molar-refractivity contribution in [1.29, 1.82) is 0 Å². The second kappa shape index (κ2) is 11.4. The smallest absolute Gasteiger partial charge is 0.160 e. The number of fused-ring (bicyclic) bond motifs is 1. The summed E-state index contributed by atoms with van der Waals surface area (Å²) >= 11 is 0. The first-order valence-corrected chi connectivity index (χ1v) is 17.3. The Bertz CT molecular complexity index is 1860. The topological polar surface area (TPSA) is 119 Å². The zero-order valence-electron chi connectivity index (χ0n) is 27.3. The van der Waals surface area contributed by atoms with Gasteiger partial charge in [0, 0.05) is 54.0 Å². The van der Waals surface area contributed by atoms with Crippen molar-refractivity contribution in [2.75, 3.05) is 13.7 Å². The van der Waals surface area contributed by atoms with Crippen molar-refractivity contribution in [2.24, 2.45) is 23.7 Å². The predicted octanol–water partition coefficient (Wildman–Crippen LogP) is 5.99. The lowest BCUT2D eigenvalue weighted by molar-refractivity contribution is -0.186. The van der Waals surface area contributed by atoms with Crippen LogP contribution in [0.5, 0.6) is 23.0 Å². The number of aromatic hydroxyl groups is 3. The number of hydrogen-bond acceptors (Lipinski definition) is 7. The van der Waals surface area contributed by atoms with E-state index in [1.807, 2.05) is 36.4 Å². The number of carbonyl (C=O) groups excluding carboxylic acids is 1. The Morgan fingerprint density at radius 2 is 1.77 bits per heavy atom. The molecule has 4 aliphatic carbocycles. The minimum atomic E-state index is -1.31. The molecule has 5 aliphatic rings. The van der Waals surface area contributed by atoms with E-state index < -0.39 is 11.0 Å². The maximum absolute atomic E-state index is 14.4. The number of phenolic OH excluding ortho intramolecular Hbond substituents is 3. The lowest BCUT2D eigenvalue weighted by atomic mass is 9.36. The molecule has 8 rings (SSSR count). The molecule has 1 saturated heterocycles. The molecule has 2 bridgehead atoms. The third-order valence-electron chi connectivity index (χ3n) is 12.5. The molecule has 7 nitrogen and oxygen atoms in total. The molecule has 8 atom stereocenters. The van der Waals surface area contributed by atoms with Crippen molar-refractivity contribution in [3.8, 4) is 34.8 Å². The minimum Gasteiger partial charge on any atom is -0.504 e. The Balaban J connectivity index is 1.32. The van der Waals surface area contributed by atoms with Gasteiger partial charge in [-0.2, -0.15) is 0 Å². The van der Waals surface area contributed by atoms with Gasteiger partial charge < -0.3 is 30.5 Å². The number of aliphatic hydroxyl groups is 1. The van der Waals surface area contributed by atoms with Gasteiger partial charge in [0.25, 0.3) is 0 Å². The number of Topliss-reactive ketones (excluding diaryl/α,β-unsaturated/α-hetero) is 1. The fraction of sp³-hybridized carbons (Fsp3) is 0.439. The molecule has 0 radical (unpaired) electrons. The summed E-state index contributed by atoms with van der Waals surface area (Å²) in [7, 11) is 1.52. The van der Waals surface area contributed by atoms with Crippen molar-refractivity contribution in [3.05, 3.63) is 89.0 Å². The van der Waals surface area contributed by atoms with Crippen LogP contribution in [-0.4, -0.2) is 51.0 Å². The van der Waals surface area contributed by atoms with Gasteiger partial charge in [0.1, 0.15) is 5.78 Å². The molecule has 3 fully saturated rings. The number of ether oxygens (including phenoxy) is 1. The van der Waals surface area contributed by atoms with Crippen molar-refractivity contribution in [1.82, 2.24) is 5.32 Å². The van der Waals surface area contributed by atoms with Gasteiger partial charge in [-0.1, -0.05) is 66.8 Å². The van der Waals surface area contributed by atoms with Crippen LogP contribution in [0.2, 0.25) is 0 Å². The van der Waals surface area contributed by atoms with Crippen LogP contribution in [0, 0.1) is 35.5 Å². The number of phenols is 3. The molecule has 2 saturated carbocycles. The van der Waals surface area contributed by atoms with Crippen LogP contribution in [0.1, 0.15) is 73.1 Å². The van der Waals surface area contributed by atoms with Gasteiger partial charge in [-0.25, -0.2) is 0 Å². The lowest BCUT2D eigenvalue weighted by Crippen LogP contribution is -2.80. The third kappa shape index (κ3) is 4.60. The Kier molecular flexibility index (Phi) is 7.39. The zero-order valence-corrected chi connectivity index (χ0v) is 27.3. The van der Waals surface area contributed by atoms with E-state index in [1.165, 1.54) is 7.11 Å². The summed E-state index contributed by atoms with van der Waals surface area (Å²) in [6.07, 6.45) is 9.24. The van der Waals surface area contributed by atoms with E-state index in [2.05, 4.69) is 35.4 Å². The van der Waals surface area contributed by atoms with Crippen LogP contribution in [-0.2, 0) is 16.6 Å². The highest BCUT2D eigenvalue weighted by molar-refractivity contribution is 5.81. The number of carbonyl (C=O) groups is 1. The third-order valence-corrected chi connectivity index (χ3v) is 12.5. The molecule has 8 unspecified atom stereocenters. The molecular weight excluding hydrogens is 602 g/mol. The van der Waals surface area contributed by atoms with Crippen molar-refractivity contribution < 1.29 is 30.0 Å². The van der Waals surface area contributed by atoms with E-state index >= 15 is 0 Å². The summed E-state index contributed by atoms with van der Waals surface area (Å²) in [6, 6.07) is 18.8. The molecule has 1 spiro atoms. The summed E-state index contributed by atoms with van der Waals surface area (Å²) in [5, 5.41) is 48.9. The highest BCUT2D eigenvalue weighted by Crippen LogP contribution is 2.68. The first kappa shape index (κ1) is 31.0. The average Bonchev–Trinajstić information content (AvgIpc) is 3.08. The number of methoxy groups -OCH3 is 1. The van der Waals surface area contributed by atoms with Gasteiger partial charge in [0.2, 0.25) is 0 Å². The Hall–Kier alpha value is -4.25. The van der Waals surface area contributed by atoms with Crippen LogP contribution in [0.15, 0.2) is 66.7 Å². The molecule has 1 aliphatic heterocycles. The van der Waals surface area contributed by atoms with Gasteiger partial charge >= 0.3 is 0 Å². The number of ketones is 1. The number of hydrogen-bond donors (Lipinski definition) is 5. The van der Waals surface area contributed by atoms with E-state index in [9.17, 15) is 25.2 Å². The largest absolute Gasteiger partial charge is 0.504 e.